The largest absolute Gasteiger partial charge is 0.365 e. The van der Waals surface area contributed by atoms with E-state index in [1.807, 2.05) is 18.2 Å². The number of fused-ring (bicyclic) bond motifs is 2. The standard InChI is InChI=1S/C20H21Cl2N3O3/c1-13(21)3-6-17(23-2)24-18(26)19(27)25-9-7-20(8-10-25)16-11-15(22)5-4-14(16)12-28-20/h3-6,11H,2,7-10,12H2,1H3,(H,24,26)/b13-3+,17-6+. The van der Waals surface area contributed by atoms with Crippen LogP contribution in [0.5, 0.6) is 0 Å². The fourth-order valence-corrected chi connectivity index (χ4v) is 3.75. The van der Waals surface area contributed by atoms with Crippen LogP contribution in [-0.2, 0) is 26.5 Å². The fourth-order valence-electron chi connectivity index (χ4n) is 3.52. The Labute approximate surface area is 173 Å². The van der Waals surface area contributed by atoms with E-state index in [0.717, 1.165) is 11.1 Å². The molecule has 0 bridgehead atoms. The Balaban J connectivity index is 1.64. The maximum Gasteiger partial charge on any atom is 0.315 e. The van der Waals surface area contributed by atoms with Crippen molar-refractivity contribution in [3.8, 4) is 0 Å². The van der Waals surface area contributed by atoms with Crippen molar-refractivity contribution in [1.82, 2.24) is 10.2 Å². The van der Waals surface area contributed by atoms with E-state index in [9.17, 15) is 9.59 Å². The van der Waals surface area contributed by atoms with Crippen LogP contribution in [0.3, 0.4) is 0 Å². The third-order valence-electron chi connectivity index (χ3n) is 5.00. The first-order valence-corrected chi connectivity index (χ1v) is 9.64. The highest BCUT2D eigenvalue weighted by atomic mass is 35.5. The van der Waals surface area contributed by atoms with Crippen LogP contribution >= 0.6 is 23.2 Å². The summed E-state index contributed by atoms with van der Waals surface area (Å²) < 4.78 is 6.08. The minimum atomic E-state index is -0.758. The van der Waals surface area contributed by atoms with Crippen LogP contribution in [0.4, 0.5) is 0 Å². The first-order chi connectivity index (χ1) is 13.3. The zero-order valence-electron chi connectivity index (χ0n) is 15.5. The number of benzene rings is 1. The van der Waals surface area contributed by atoms with Crippen molar-refractivity contribution in [2.75, 3.05) is 13.1 Å². The van der Waals surface area contributed by atoms with Crippen LogP contribution in [0.2, 0.25) is 5.02 Å². The highest BCUT2D eigenvalue weighted by molar-refractivity contribution is 6.35. The predicted molar refractivity (Wildman–Crippen MR) is 109 cm³/mol. The summed E-state index contributed by atoms with van der Waals surface area (Å²) in [6.45, 7) is 6.44. The van der Waals surface area contributed by atoms with E-state index < -0.39 is 17.4 Å². The summed E-state index contributed by atoms with van der Waals surface area (Å²) in [6.07, 6.45) is 4.26. The number of ether oxygens (including phenoxy) is 1. The van der Waals surface area contributed by atoms with Gasteiger partial charge in [-0.3, -0.25) is 9.59 Å². The van der Waals surface area contributed by atoms with Gasteiger partial charge in [0.2, 0.25) is 0 Å². The highest BCUT2D eigenvalue weighted by Gasteiger charge is 2.44. The number of amides is 2. The van der Waals surface area contributed by atoms with Gasteiger partial charge in [0, 0.05) is 23.1 Å². The average molecular weight is 422 g/mol. The average Bonchev–Trinajstić information content (AvgIpc) is 3.02. The molecule has 1 spiro atoms. The molecule has 2 amide bonds. The van der Waals surface area contributed by atoms with Gasteiger partial charge in [-0.1, -0.05) is 29.3 Å². The summed E-state index contributed by atoms with van der Waals surface area (Å²) in [5.41, 5.74) is 1.77. The zero-order valence-corrected chi connectivity index (χ0v) is 17.0. The molecule has 0 saturated carbocycles. The smallest absolute Gasteiger partial charge is 0.315 e. The molecule has 0 radical (unpaired) electrons. The quantitative estimate of drug-likeness (QED) is 0.461. The van der Waals surface area contributed by atoms with E-state index in [1.165, 1.54) is 11.0 Å². The Morgan fingerprint density at radius 2 is 2.04 bits per heavy atom. The van der Waals surface area contributed by atoms with Crippen LogP contribution in [0, 0.1) is 0 Å². The number of nitrogens with one attached hydrogen (secondary N) is 1. The number of nitrogens with zero attached hydrogens (tertiary/aromatic N) is 2. The molecule has 8 heteroatoms. The number of hydrogen-bond donors (Lipinski definition) is 1. The van der Waals surface area contributed by atoms with Gasteiger partial charge in [0.15, 0.2) is 0 Å². The van der Waals surface area contributed by atoms with E-state index in [-0.39, 0.29) is 5.82 Å². The summed E-state index contributed by atoms with van der Waals surface area (Å²) in [7, 11) is 0. The van der Waals surface area contributed by atoms with Gasteiger partial charge in [-0.2, -0.15) is 0 Å². The monoisotopic (exact) mass is 421 g/mol. The lowest BCUT2D eigenvalue weighted by molar-refractivity contribution is -0.149. The van der Waals surface area contributed by atoms with Crippen molar-refractivity contribution in [2.45, 2.75) is 32.0 Å². The van der Waals surface area contributed by atoms with Gasteiger partial charge in [-0.25, -0.2) is 4.99 Å². The molecule has 1 N–H and O–H groups in total. The summed E-state index contributed by atoms with van der Waals surface area (Å²) in [6, 6.07) is 5.77. The van der Waals surface area contributed by atoms with E-state index in [0.29, 0.717) is 42.6 Å². The summed E-state index contributed by atoms with van der Waals surface area (Å²) in [5.74, 6) is -1.21. The van der Waals surface area contributed by atoms with Gasteiger partial charge in [-0.05, 0) is 61.9 Å². The molecule has 0 unspecified atom stereocenters. The Bertz CT molecular complexity index is 867. The molecule has 1 aromatic carbocycles. The Kier molecular flexibility index (Phi) is 6.23. The lowest BCUT2D eigenvalue weighted by Crippen LogP contribution is -2.49. The molecule has 0 aromatic heterocycles. The Hall–Kier alpha value is -2.15. The summed E-state index contributed by atoms with van der Waals surface area (Å²) in [5, 5.41) is 3.63. The molecule has 28 heavy (non-hydrogen) atoms. The second-order valence-electron chi connectivity index (χ2n) is 6.79. The molecular weight excluding hydrogens is 401 g/mol. The number of halogens is 2. The lowest BCUT2D eigenvalue weighted by Gasteiger charge is -2.39. The van der Waals surface area contributed by atoms with Crippen molar-refractivity contribution >= 4 is 41.7 Å². The number of hydrogen-bond acceptors (Lipinski definition) is 4. The first-order valence-electron chi connectivity index (χ1n) is 8.88. The molecule has 0 aliphatic carbocycles. The number of allylic oxidation sites excluding steroid dienone is 3. The number of aliphatic imine (C=N–C) groups is 1. The zero-order chi connectivity index (χ0) is 20.3. The normalized spacial score (nSPS) is 18.8. The third kappa shape index (κ3) is 4.29. The van der Waals surface area contributed by atoms with Gasteiger partial charge in [0.25, 0.3) is 0 Å². The van der Waals surface area contributed by atoms with Gasteiger partial charge in [0.1, 0.15) is 5.82 Å². The van der Waals surface area contributed by atoms with Crippen molar-refractivity contribution in [1.29, 1.82) is 0 Å². The molecule has 1 fully saturated rings. The predicted octanol–water partition coefficient (Wildman–Crippen LogP) is 3.49. The van der Waals surface area contributed by atoms with Crippen LogP contribution in [0.15, 0.2) is 46.2 Å². The summed E-state index contributed by atoms with van der Waals surface area (Å²) >= 11 is 11.9. The molecule has 2 aliphatic rings. The number of carbonyl (C=O) groups excluding carboxylic acids is 2. The van der Waals surface area contributed by atoms with E-state index in [1.54, 1.807) is 13.0 Å². The van der Waals surface area contributed by atoms with E-state index >= 15 is 0 Å². The number of piperidine rings is 1. The SMILES string of the molecule is C=N/C(=C\C=C(/C)Cl)NC(=O)C(=O)N1CCC2(CC1)OCc1ccc(Cl)cc12. The Morgan fingerprint density at radius 1 is 1.32 bits per heavy atom. The topological polar surface area (TPSA) is 71.0 Å². The first kappa shape index (κ1) is 20.6. The second-order valence-corrected chi connectivity index (χ2v) is 7.83. The van der Waals surface area contributed by atoms with Crippen molar-refractivity contribution in [3.05, 3.63) is 57.4 Å². The number of carbonyl (C=O) groups is 2. The van der Waals surface area contributed by atoms with Crippen molar-refractivity contribution in [2.24, 2.45) is 4.99 Å². The molecule has 2 heterocycles. The van der Waals surface area contributed by atoms with Crippen LogP contribution in [-0.4, -0.2) is 36.5 Å². The lowest BCUT2D eigenvalue weighted by atomic mass is 9.84. The molecule has 3 rings (SSSR count). The van der Waals surface area contributed by atoms with E-state index in [4.69, 9.17) is 27.9 Å². The molecule has 0 atom stereocenters. The molecule has 1 saturated heterocycles. The van der Waals surface area contributed by atoms with E-state index in [2.05, 4.69) is 17.0 Å². The third-order valence-corrected chi connectivity index (χ3v) is 5.36. The van der Waals surface area contributed by atoms with Crippen LogP contribution in [0.1, 0.15) is 30.9 Å². The molecule has 6 nitrogen and oxygen atoms in total. The number of likely N-dealkylation sites (tertiary alicyclic amines) is 1. The van der Waals surface area contributed by atoms with Crippen LogP contribution in [0.25, 0.3) is 0 Å². The van der Waals surface area contributed by atoms with Gasteiger partial charge in [-0.15, -0.1) is 0 Å². The number of rotatable bonds is 3. The molecule has 1 aromatic rings. The Morgan fingerprint density at radius 3 is 2.68 bits per heavy atom. The maximum absolute atomic E-state index is 12.5. The highest BCUT2D eigenvalue weighted by Crippen LogP contribution is 2.44. The summed E-state index contributed by atoms with van der Waals surface area (Å²) in [4.78, 5) is 30.0. The minimum Gasteiger partial charge on any atom is -0.365 e. The maximum atomic E-state index is 12.5. The van der Waals surface area contributed by atoms with Crippen molar-refractivity contribution in [3.63, 3.8) is 0 Å². The molecule has 148 valence electrons. The van der Waals surface area contributed by atoms with Gasteiger partial charge in [0.05, 0.1) is 12.2 Å². The fraction of sp³-hybridized carbons (Fsp3) is 0.350. The van der Waals surface area contributed by atoms with Crippen LogP contribution < -0.4 is 5.32 Å². The van der Waals surface area contributed by atoms with Gasteiger partial charge >= 0.3 is 11.8 Å². The minimum absolute atomic E-state index is 0.162. The molecule has 2 aliphatic heterocycles. The molecular formula is C20H21Cl2N3O3. The second kappa shape index (κ2) is 8.47. The van der Waals surface area contributed by atoms with Crippen molar-refractivity contribution < 1.29 is 14.3 Å². The van der Waals surface area contributed by atoms with Gasteiger partial charge < -0.3 is 15.0 Å².